The molecule has 4 heteroatoms. The van der Waals surface area contributed by atoms with Crippen LogP contribution in [0.3, 0.4) is 0 Å². The number of nitrogens with one attached hydrogen (secondary N) is 1. The highest BCUT2D eigenvalue weighted by molar-refractivity contribution is 9.10. The largest absolute Gasteiger partial charge is 0.306 e. The van der Waals surface area contributed by atoms with E-state index < -0.39 is 0 Å². The van der Waals surface area contributed by atoms with E-state index in [0.717, 1.165) is 21.1 Å². The van der Waals surface area contributed by atoms with Crippen LogP contribution in [0.1, 0.15) is 24.1 Å². The van der Waals surface area contributed by atoms with Gasteiger partial charge in [0.2, 0.25) is 0 Å². The van der Waals surface area contributed by atoms with Gasteiger partial charge in [0.25, 0.3) is 0 Å². The second-order valence-corrected chi connectivity index (χ2v) is 6.10. The van der Waals surface area contributed by atoms with Gasteiger partial charge in [-0.1, -0.05) is 41.4 Å². The Kier molecular flexibility index (Phi) is 5.28. The second-order valence-electron chi connectivity index (χ2n) is 4.40. The van der Waals surface area contributed by atoms with E-state index in [1.165, 1.54) is 11.1 Å². The van der Waals surface area contributed by atoms with E-state index in [4.69, 9.17) is 23.2 Å². The van der Waals surface area contributed by atoms with Gasteiger partial charge in [0.1, 0.15) is 0 Å². The second kappa shape index (κ2) is 6.76. The van der Waals surface area contributed by atoms with Crippen molar-refractivity contribution in [1.82, 2.24) is 5.32 Å². The van der Waals surface area contributed by atoms with Crippen molar-refractivity contribution < 1.29 is 0 Å². The third-order valence-electron chi connectivity index (χ3n) is 2.97. The average molecular weight is 359 g/mol. The summed E-state index contributed by atoms with van der Waals surface area (Å²) in [5.41, 5.74) is 2.41. The minimum atomic E-state index is 0.270. The standard InChI is InChI=1S/C15H14BrCl2N/c1-10(12-3-5-13(17)6-4-12)19-9-11-2-7-15(18)14(16)8-11/h2-8,10,19H,9H2,1H3/t10-/m0/s1. The highest BCUT2D eigenvalue weighted by Crippen LogP contribution is 2.23. The third kappa shape index (κ3) is 4.22. The monoisotopic (exact) mass is 357 g/mol. The van der Waals surface area contributed by atoms with Crippen LogP contribution in [0.2, 0.25) is 10.0 Å². The van der Waals surface area contributed by atoms with Crippen LogP contribution in [-0.2, 0) is 6.54 Å². The molecule has 0 aliphatic heterocycles. The van der Waals surface area contributed by atoms with Gasteiger partial charge < -0.3 is 5.32 Å². The van der Waals surface area contributed by atoms with Crippen molar-refractivity contribution in [3.8, 4) is 0 Å². The van der Waals surface area contributed by atoms with Gasteiger partial charge in [-0.05, 0) is 58.2 Å². The molecule has 0 aliphatic rings. The van der Waals surface area contributed by atoms with Crippen molar-refractivity contribution in [3.63, 3.8) is 0 Å². The lowest BCUT2D eigenvalue weighted by atomic mass is 10.1. The molecule has 19 heavy (non-hydrogen) atoms. The van der Waals surface area contributed by atoms with Crippen LogP contribution in [0.4, 0.5) is 0 Å². The minimum Gasteiger partial charge on any atom is -0.306 e. The first-order valence-corrected chi connectivity index (χ1v) is 7.54. The van der Waals surface area contributed by atoms with Crippen LogP contribution >= 0.6 is 39.1 Å². The summed E-state index contributed by atoms with van der Waals surface area (Å²) in [6.07, 6.45) is 0. The van der Waals surface area contributed by atoms with E-state index >= 15 is 0 Å². The number of hydrogen-bond acceptors (Lipinski definition) is 1. The molecule has 0 amide bonds. The number of hydrogen-bond donors (Lipinski definition) is 1. The molecule has 0 unspecified atom stereocenters. The number of benzene rings is 2. The molecule has 0 saturated heterocycles. The molecule has 0 heterocycles. The zero-order chi connectivity index (χ0) is 13.8. The number of rotatable bonds is 4. The molecular formula is C15H14BrCl2N. The molecule has 1 N–H and O–H groups in total. The first-order chi connectivity index (χ1) is 9.06. The van der Waals surface area contributed by atoms with Crippen molar-refractivity contribution in [2.75, 3.05) is 0 Å². The average Bonchev–Trinajstić information content (AvgIpc) is 2.40. The fraction of sp³-hybridized carbons (Fsp3) is 0.200. The van der Waals surface area contributed by atoms with E-state index in [-0.39, 0.29) is 6.04 Å². The van der Waals surface area contributed by atoms with Crippen LogP contribution in [0.5, 0.6) is 0 Å². The van der Waals surface area contributed by atoms with Crippen molar-refractivity contribution in [2.45, 2.75) is 19.5 Å². The number of halogens is 3. The molecule has 2 rings (SSSR count). The van der Waals surface area contributed by atoms with Crippen LogP contribution < -0.4 is 5.32 Å². The topological polar surface area (TPSA) is 12.0 Å². The Balaban J connectivity index is 1.98. The maximum absolute atomic E-state index is 5.97. The van der Waals surface area contributed by atoms with E-state index in [0.29, 0.717) is 0 Å². The fourth-order valence-electron chi connectivity index (χ4n) is 1.79. The van der Waals surface area contributed by atoms with Gasteiger partial charge in [0, 0.05) is 22.1 Å². The minimum absolute atomic E-state index is 0.270. The quantitative estimate of drug-likeness (QED) is 0.749. The smallest absolute Gasteiger partial charge is 0.0548 e. The predicted octanol–water partition coefficient (Wildman–Crippen LogP) is 5.61. The normalized spacial score (nSPS) is 12.4. The lowest BCUT2D eigenvalue weighted by molar-refractivity contribution is 0.574. The van der Waals surface area contributed by atoms with Crippen molar-refractivity contribution in [3.05, 3.63) is 68.1 Å². The summed E-state index contributed by atoms with van der Waals surface area (Å²) in [6.45, 7) is 2.92. The van der Waals surface area contributed by atoms with E-state index in [2.05, 4.69) is 28.2 Å². The summed E-state index contributed by atoms with van der Waals surface area (Å²) in [4.78, 5) is 0. The molecule has 0 radical (unpaired) electrons. The SMILES string of the molecule is C[C@H](NCc1ccc(Cl)c(Br)c1)c1ccc(Cl)cc1. The fourth-order valence-corrected chi connectivity index (χ4v) is 2.46. The van der Waals surface area contributed by atoms with Gasteiger partial charge in [-0.2, -0.15) is 0 Å². The van der Waals surface area contributed by atoms with Gasteiger partial charge in [-0.15, -0.1) is 0 Å². The maximum atomic E-state index is 5.97. The van der Waals surface area contributed by atoms with Crippen LogP contribution in [0.15, 0.2) is 46.9 Å². The Morgan fingerprint density at radius 2 is 1.79 bits per heavy atom. The Bertz CT molecular complexity index is 555. The maximum Gasteiger partial charge on any atom is 0.0548 e. The Hall–Kier alpha value is -0.540. The van der Waals surface area contributed by atoms with Crippen molar-refractivity contribution in [1.29, 1.82) is 0 Å². The summed E-state index contributed by atoms with van der Waals surface area (Å²) in [7, 11) is 0. The molecule has 1 atom stereocenters. The van der Waals surface area contributed by atoms with Crippen LogP contribution in [-0.4, -0.2) is 0 Å². The van der Waals surface area contributed by atoms with E-state index in [1.807, 2.05) is 42.5 Å². The highest BCUT2D eigenvalue weighted by Gasteiger charge is 2.05. The summed E-state index contributed by atoms with van der Waals surface area (Å²) in [6, 6.07) is 14.1. The zero-order valence-electron chi connectivity index (χ0n) is 10.5. The van der Waals surface area contributed by atoms with Crippen LogP contribution in [0, 0.1) is 0 Å². The van der Waals surface area contributed by atoms with Gasteiger partial charge in [-0.25, -0.2) is 0 Å². The molecule has 100 valence electrons. The van der Waals surface area contributed by atoms with E-state index in [9.17, 15) is 0 Å². The summed E-state index contributed by atoms with van der Waals surface area (Å²) < 4.78 is 0.924. The van der Waals surface area contributed by atoms with Crippen molar-refractivity contribution in [2.24, 2.45) is 0 Å². The molecule has 0 fully saturated rings. The molecular weight excluding hydrogens is 345 g/mol. The molecule has 0 aliphatic carbocycles. The van der Waals surface area contributed by atoms with E-state index in [1.54, 1.807) is 0 Å². The van der Waals surface area contributed by atoms with Gasteiger partial charge in [-0.3, -0.25) is 0 Å². The Morgan fingerprint density at radius 3 is 2.42 bits per heavy atom. The lowest BCUT2D eigenvalue weighted by Crippen LogP contribution is -2.17. The lowest BCUT2D eigenvalue weighted by Gasteiger charge is -2.14. The van der Waals surface area contributed by atoms with Gasteiger partial charge in [0.15, 0.2) is 0 Å². The summed E-state index contributed by atoms with van der Waals surface area (Å²) >= 11 is 15.3. The van der Waals surface area contributed by atoms with Gasteiger partial charge >= 0.3 is 0 Å². The first-order valence-electron chi connectivity index (χ1n) is 5.99. The predicted molar refractivity (Wildman–Crippen MR) is 85.9 cm³/mol. The summed E-state index contributed by atoms with van der Waals surface area (Å²) in [5, 5.41) is 4.97. The Labute approximate surface area is 132 Å². The van der Waals surface area contributed by atoms with Crippen LogP contribution in [0.25, 0.3) is 0 Å². The van der Waals surface area contributed by atoms with Crippen molar-refractivity contribution >= 4 is 39.1 Å². The molecule has 0 aromatic heterocycles. The zero-order valence-corrected chi connectivity index (χ0v) is 13.6. The highest BCUT2D eigenvalue weighted by atomic mass is 79.9. The molecule has 2 aromatic rings. The molecule has 0 bridgehead atoms. The third-order valence-corrected chi connectivity index (χ3v) is 4.43. The molecule has 0 saturated carbocycles. The molecule has 2 aromatic carbocycles. The molecule has 0 spiro atoms. The molecule has 1 nitrogen and oxygen atoms in total. The summed E-state index contributed by atoms with van der Waals surface area (Å²) in [5.74, 6) is 0. The van der Waals surface area contributed by atoms with Gasteiger partial charge in [0.05, 0.1) is 5.02 Å². The first kappa shape index (κ1) is 14.9. The Morgan fingerprint density at radius 1 is 1.11 bits per heavy atom.